The molecule has 0 radical (unpaired) electrons. The van der Waals surface area contributed by atoms with Gasteiger partial charge in [-0.25, -0.2) is 0 Å². The third kappa shape index (κ3) is 10.7. The summed E-state index contributed by atoms with van der Waals surface area (Å²) in [6.45, 7) is 11.0. The molecule has 3 heterocycles. The molecule has 0 fully saturated rings. The quantitative estimate of drug-likeness (QED) is 0.361. The molecule has 0 aromatic carbocycles. The first kappa shape index (κ1) is 33.8. The van der Waals surface area contributed by atoms with Crippen LogP contribution in [0.4, 0.5) is 0 Å². The van der Waals surface area contributed by atoms with Crippen LogP contribution in [-0.2, 0) is 36.3 Å². The van der Waals surface area contributed by atoms with Crippen molar-refractivity contribution in [1.82, 2.24) is 0 Å². The van der Waals surface area contributed by atoms with Crippen molar-refractivity contribution in [3.8, 4) is 17.2 Å². The maximum Gasteiger partial charge on any atom is 0.227 e. The topological polar surface area (TPSA) is 151 Å². The fourth-order valence-corrected chi connectivity index (χ4v) is 3.18. The summed E-state index contributed by atoms with van der Waals surface area (Å²) < 4.78 is 15.5. The molecule has 0 unspecified atom stereocenters. The molecule has 37 heavy (non-hydrogen) atoms. The molecule has 0 spiro atoms. The summed E-state index contributed by atoms with van der Waals surface area (Å²) in [6.07, 6.45) is 4.34. The van der Waals surface area contributed by atoms with E-state index in [0.717, 1.165) is 19.3 Å². The van der Waals surface area contributed by atoms with Crippen LogP contribution in [0.1, 0.15) is 74.6 Å². The summed E-state index contributed by atoms with van der Waals surface area (Å²) in [7, 11) is 0. The van der Waals surface area contributed by atoms with Crippen LogP contribution in [-0.4, -0.2) is 15.3 Å². The van der Waals surface area contributed by atoms with Crippen LogP contribution in [0.25, 0.3) is 0 Å². The Morgan fingerprint density at radius 2 is 0.757 bits per heavy atom. The number of rotatable bonds is 6. The van der Waals surface area contributed by atoms with Crippen LogP contribution >= 0.6 is 0 Å². The van der Waals surface area contributed by atoms with Crippen LogP contribution in [0.15, 0.2) is 45.8 Å². The standard InChI is InChI=1S/3C9H12O3.Fe/c3*1-3-4-8-9(11)7(10)5-6(2)12-8;/h3*5,11H,3-4H2,1-2H3;. The number of aromatic hydroxyl groups is 3. The fourth-order valence-electron chi connectivity index (χ4n) is 3.18. The van der Waals surface area contributed by atoms with Crippen LogP contribution in [0.3, 0.4) is 0 Å². The summed E-state index contributed by atoms with van der Waals surface area (Å²) in [5, 5.41) is 27.7. The average molecular weight is 560 g/mol. The zero-order valence-corrected chi connectivity index (χ0v) is 23.2. The molecular formula is C27H36FeO9. The van der Waals surface area contributed by atoms with Gasteiger partial charge in [-0.3, -0.25) is 14.4 Å². The third-order valence-corrected chi connectivity index (χ3v) is 4.78. The van der Waals surface area contributed by atoms with Gasteiger partial charge in [0.25, 0.3) is 0 Å². The minimum absolute atomic E-state index is 0. The summed E-state index contributed by atoms with van der Waals surface area (Å²) in [5.74, 6) is 2.06. The van der Waals surface area contributed by atoms with Gasteiger partial charge in [-0.1, -0.05) is 20.8 Å². The first-order valence-electron chi connectivity index (χ1n) is 11.9. The first-order chi connectivity index (χ1) is 16.9. The predicted octanol–water partition coefficient (Wildman–Crippen LogP) is 4.82. The van der Waals surface area contributed by atoms with E-state index in [-0.39, 0.29) is 50.6 Å². The monoisotopic (exact) mass is 560 g/mol. The van der Waals surface area contributed by atoms with Crippen LogP contribution in [0.2, 0.25) is 0 Å². The molecule has 3 aromatic heterocycles. The molecule has 3 N–H and O–H groups in total. The smallest absolute Gasteiger partial charge is 0.227 e. The molecule has 0 aliphatic carbocycles. The molecule has 0 bridgehead atoms. The molecule has 9 nitrogen and oxygen atoms in total. The van der Waals surface area contributed by atoms with Crippen molar-refractivity contribution in [3.05, 3.63) is 83.4 Å². The van der Waals surface area contributed by atoms with Crippen molar-refractivity contribution in [1.29, 1.82) is 0 Å². The van der Waals surface area contributed by atoms with Crippen LogP contribution in [0.5, 0.6) is 17.2 Å². The second-order valence-electron chi connectivity index (χ2n) is 8.23. The second-order valence-corrected chi connectivity index (χ2v) is 8.23. The Balaban J connectivity index is 0.000000518. The van der Waals surface area contributed by atoms with Gasteiger partial charge >= 0.3 is 0 Å². The van der Waals surface area contributed by atoms with E-state index in [4.69, 9.17) is 13.3 Å². The molecule has 0 saturated carbocycles. The van der Waals surface area contributed by atoms with E-state index in [2.05, 4.69) is 0 Å². The normalized spacial score (nSPS) is 9.89. The summed E-state index contributed by atoms with van der Waals surface area (Å²) in [4.78, 5) is 33.1. The molecule has 0 amide bonds. The van der Waals surface area contributed by atoms with Crippen LogP contribution in [0, 0.1) is 20.8 Å². The summed E-state index contributed by atoms with van der Waals surface area (Å²) >= 11 is 0. The van der Waals surface area contributed by atoms with Crippen LogP contribution < -0.4 is 16.3 Å². The van der Waals surface area contributed by atoms with Crippen molar-refractivity contribution in [2.75, 3.05) is 0 Å². The van der Waals surface area contributed by atoms with Gasteiger partial charge in [-0.15, -0.1) is 0 Å². The zero-order valence-electron chi connectivity index (χ0n) is 22.1. The van der Waals surface area contributed by atoms with E-state index in [0.29, 0.717) is 53.8 Å². The number of aryl methyl sites for hydroxylation is 6. The maximum absolute atomic E-state index is 11.0. The Morgan fingerprint density at radius 1 is 0.541 bits per heavy atom. The van der Waals surface area contributed by atoms with Crippen molar-refractivity contribution >= 4 is 0 Å². The number of hydrogen-bond acceptors (Lipinski definition) is 9. The Kier molecular flexibility index (Phi) is 15.1. The van der Waals surface area contributed by atoms with E-state index >= 15 is 0 Å². The molecule has 0 aliphatic heterocycles. The molecule has 3 aromatic rings. The molecule has 3 rings (SSSR count). The molecule has 0 aliphatic rings. The van der Waals surface area contributed by atoms with Crippen molar-refractivity contribution in [3.63, 3.8) is 0 Å². The molecule has 0 atom stereocenters. The van der Waals surface area contributed by atoms with E-state index in [9.17, 15) is 29.7 Å². The van der Waals surface area contributed by atoms with Gasteiger partial charge < -0.3 is 28.6 Å². The van der Waals surface area contributed by atoms with Gasteiger partial charge in [0, 0.05) is 54.5 Å². The minimum atomic E-state index is -0.359. The van der Waals surface area contributed by atoms with Gasteiger partial charge in [0.15, 0.2) is 0 Å². The van der Waals surface area contributed by atoms with Crippen molar-refractivity contribution < 1.29 is 45.6 Å². The van der Waals surface area contributed by atoms with Crippen molar-refractivity contribution in [2.45, 2.75) is 80.1 Å². The van der Waals surface area contributed by atoms with E-state index in [1.807, 2.05) is 20.8 Å². The summed E-state index contributed by atoms with van der Waals surface area (Å²) in [5.41, 5.74) is -1.08. The third-order valence-electron chi connectivity index (χ3n) is 4.78. The Labute approximate surface area is 226 Å². The SMILES string of the molecule is CCCc1oc(C)cc(=O)c1O.CCCc1oc(C)cc(=O)c1O.CCCc1oc(C)cc(=O)c1O.[Fe]. The predicted molar refractivity (Wildman–Crippen MR) is 136 cm³/mol. The van der Waals surface area contributed by atoms with Gasteiger partial charge in [0.2, 0.25) is 33.5 Å². The molecule has 206 valence electrons. The average Bonchev–Trinajstić information content (AvgIpc) is 2.80. The second kappa shape index (κ2) is 16.5. The van der Waals surface area contributed by atoms with Gasteiger partial charge in [0.05, 0.1) is 0 Å². The van der Waals surface area contributed by atoms with E-state index < -0.39 is 0 Å². The fraction of sp³-hybridized carbons (Fsp3) is 0.444. The maximum atomic E-state index is 11.0. The van der Waals surface area contributed by atoms with Gasteiger partial charge in [-0.2, -0.15) is 0 Å². The van der Waals surface area contributed by atoms with E-state index in [1.54, 1.807) is 20.8 Å². The molecular weight excluding hydrogens is 524 g/mol. The first-order valence-corrected chi connectivity index (χ1v) is 11.9. The van der Waals surface area contributed by atoms with E-state index in [1.165, 1.54) is 18.2 Å². The molecule has 10 heteroatoms. The largest absolute Gasteiger partial charge is 0.502 e. The molecule has 0 saturated heterocycles. The van der Waals surface area contributed by atoms with Gasteiger partial charge in [0.1, 0.15) is 34.6 Å². The van der Waals surface area contributed by atoms with Gasteiger partial charge in [-0.05, 0) is 40.0 Å². The van der Waals surface area contributed by atoms with Crippen molar-refractivity contribution in [2.24, 2.45) is 0 Å². The zero-order chi connectivity index (χ0) is 27.4. The summed E-state index contributed by atoms with van der Waals surface area (Å²) in [6, 6.07) is 3.86. The minimum Gasteiger partial charge on any atom is -0.502 e. The Bertz CT molecular complexity index is 1140. The Morgan fingerprint density at radius 3 is 0.946 bits per heavy atom. The Hall–Kier alpha value is -3.23. The number of hydrogen-bond donors (Lipinski definition) is 3.